The van der Waals surface area contributed by atoms with Gasteiger partial charge in [-0.25, -0.2) is 4.39 Å². The summed E-state index contributed by atoms with van der Waals surface area (Å²) in [6.07, 6.45) is 4.16. The number of carbonyl (C=O) groups excluding carboxylic acids is 2. The maximum atomic E-state index is 13.9. The van der Waals surface area contributed by atoms with Crippen molar-refractivity contribution in [3.05, 3.63) is 65.5 Å². The fourth-order valence-corrected chi connectivity index (χ4v) is 4.35. The molecule has 0 N–H and O–H groups in total. The molecule has 0 saturated carbocycles. The smallest absolute Gasteiger partial charge is 0.253 e. The Kier molecular flexibility index (Phi) is 6.85. The van der Waals surface area contributed by atoms with Crippen LogP contribution >= 0.6 is 0 Å². The van der Waals surface area contributed by atoms with Gasteiger partial charge in [0.15, 0.2) is 0 Å². The standard InChI is InChI=1S/C25H29FN2O3/c26-23-8-2-1-7-21(23)16-24(29)28-15-5-6-19(17-28)18-31-22-11-9-20(10-12-22)25(30)27-13-3-4-14-27/h1-2,7-12,19H,3-6,13-18H2. The van der Waals surface area contributed by atoms with E-state index in [4.69, 9.17) is 4.74 Å². The number of amides is 2. The van der Waals surface area contributed by atoms with Gasteiger partial charge < -0.3 is 14.5 Å². The molecule has 2 aromatic rings. The molecule has 0 aliphatic carbocycles. The van der Waals surface area contributed by atoms with Gasteiger partial charge in [-0.1, -0.05) is 18.2 Å². The maximum absolute atomic E-state index is 13.9. The molecule has 2 aliphatic heterocycles. The van der Waals surface area contributed by atoms with Crippen LogP contribution in [0.4, 0.5) is 4.39 Å². The molecular weight excluding hydrogens is 395 g/mol. The highest BCUT2D eigenvalue weighted by Gasteiger charge is 2.25. The van der Waals surface area contributed by atoms with Gasteiger partial charge in [0.2, 0.25) is 5.91 Å². The summed E-state index contributed by atoms with van der Waals surface area (Å²) in [6.45, 7) is 3.52. The fourth-order valence-electron chi connectivity index (χ4n) is 4.35. The Balaban J connectivity index is 1.27. The highest BCUT2D eigenvalue weighted by atomic mass is 19.1. The first-order valence-electron chi connectivity index (χ1n) is 11.1. The molecule has 2 amide bonds. The fraction of sp³-hybridized carbons (Fsp3) is 0.440. The van der Waals surface area contributed by atoms with E-state index in [0.29, 0.717) is 30.8 Å². The molecule has 2 fully saturated rings. The summed E-state index contributed by atoms with van der Waals surface area (Å²) in [4.78, 5) is 28.8. The topological polar surface area (TPSA) is 49.9 Å². The van der Waals surface area contributed by atoms with E-state index in [1.54, 1.807) is 18.2 Å². The third-order valence-electron chi connectivity index (χ3n) is 6.15. The maximum Gasteiger partial charge on any atom is 0.253 e. The zero-order chi connectivity index (χ0) is 21.6. The number of benzene rings is 2. The minimum absolute atomic E-state index is 0.0421. The van der Waals surface area contributed by atoms with E-state index in [1.165, 1.54) is 6.07 Å². The van der Waals surface area contributed by atoms with Gasteiger partial charge in [-0.2, -0.15) is 0 Å². The molecule has 4 rings (SSSR count). The minimum atomic E-state index is -0.334. The number of carbonyl (C=O) groups is 2. The first kappa shape index (κ1) is 21.3. The molecule has 164 valence electrons. The van der Waals surface area contributed by atoms with Gasteiger partial charge in [0.05, 0.1) is 13.0 Å². The van der Waals surface area contributed by atoms with Crippen LogP contribution in [0.2, 0.25) is 0 Å². The number of rotatable bonds is 6. The lowest BCUT2D eigenvalue weighted by molar-refractivity contribution is -0.132. The molecule has 1 atom stereocenters. The average Bonchev–Trinajstić information content (AvgIpc) is 3.34. The van der Waals surface area contributed by atoms with Gasteiger partial charge in [0.1, 0.15) is 11.6 Å². The van der Waals surface area contributed by atoms with Gasteiger partial charge in [-0.3, -0.25) is 9.59 Å². The summed E-state index contributed by atoms with van der Waals surface area (Å²) >= 11 is 0. The lowest BCUT2D eigenvalue weighted by Gasteiger charge is -2.32. The molecule has 2 aromatic carbocycles. The van der Waals surface area contributed by atoms with Gasteiger partial charge in [0.25, 0.3) is 5.91 Å². The predicted octanol–water partition coefficient (Wildman–Crippen LogP) is 3.92. The monoisotopic (exact) mass is 424 g/mol. The van der Waals surface area contributed by atoms with Crippen LogP contribution in [0.3, 0.4) is 0 Å². The molecule has 2 saturated heterocycles. The summed E-state index contributed by atoms with van der Waals surface area (Å²) < 4.78 is 19.8. The summed E-state index contributed by atoms with van der Waals surface area (Å²) in [5.74, 6) is 0.677. The molecule has 31 heavy (non-hydrogen) atoms. The van der Waals surface area contributed by atoms with Crippen LogP contribution in [-0.4, -0.2) is 54.4 Å². The highest BCUT2D eigenvalue weighted by Crippen LogP contribution is 2.21. The average molecular weight is 425 g/mol. The van der Waals surface area contributed by atoms with Crippen LogP contribution in [0.5, 0.6) is 5.75 Å². The summed E-state index contributed by atoms with van der Waals surface area (Å²) in [5, 5.41) is 0. The Morgan fingerprint density at radius 2 is 1.65 bits per heavy atom. The molecule has 5 nitrogen and oxygen atoms in total. The van der Waals surface area contributed by atoms with Crippen molar-refractivity contribution in [3.63, 3.8) is 0 Å². The normalized spacial score (nSPS) is 18.8. The second-order valence-corrected chi connectivity index (χ2v) is 8.45. The van der Waals surface area contributed by atoms with Crippen LogP contribution in [0, 0.1) is 11.7 Å². The van der Waals surface area contributed by atoms with Crippen molar-refractivity contribution in [1.29, 1.82) is 0 Å². The van der Waals surface area contributed by atoms with Crippen molar-refractivity contribution in [1.82, 2.24) is 9.80 Å². The SMILES string of the molecule is O=C(Cc1ccccc1F)N1CCCC(COc2ccc(C(=O)N3CCCC3)cc2)C1. The summed E-state index contributed by atoms with van der Waals surface area (Å²) in [6, 6.07) is 13.8. The predicted molar refractivity (Wildman–Crippen MR) is 116 cm³/mol. The van der Waals surface area contributed by atoms with Crippen molar-refractivity contribution in [2.45, 2.75) is 32.1 Å². The number of ether oxygens (including phenoxy) is 1. The zero-order valence-electron chi connectivity index (χ0n) is 17.8. The molecule has 0 spiro atoms. The number of hydrogen-bond acceptors (Lipinski definition) is 3. The minimum Gasteiger partial charge on any atom is -0.493 e. The second-order valence-electron chi connectivity index (χ2n) is 8.45. The van der Waals surface area contributed by atoms with Crippen LogP contribution < -0.4 is 4.74 Å². The first-order chi connectivity index (χ1) is 15.1. The van der Waals surface area contributed by atoms with E-state index in [-0.39, 0.29) is 30.0 Å². The zero-order valence-corrected chi connectivity index (χ0v) is 17.8. The molecule has 0 aromatic heterocycles. The number of likely N-dealkylation sites (tertiary alicyclic amines) is 2. The lowest BCUT2D eigenvalue weighted by Crippen LogP contribution is -2.42. The Bertz CT molecular complexity index is 909. The summed E-state index contributed by atoms with van der Waals surface area (Å²) in [5.41, 5.74) is 1.13. The van der Waals surface area contributed by atoms with Gasteiger partial charge in [-0.15, -0.1) is 0 Å². The van der Waals surface area contributed by atoms with Crippen molar-refractivity contribution in [3.8, 4) is 5.75 Å². The van der Waals surface area contributed by atoms with Gasteiger partial charge in [0, 0.05) is 37.7 Å². The molecule has 6 heteroatoms. The second kappa shape index (κ2) is 9.94. The van der Waals surface area contributed by atoms with Crippen molar-refractivity contribution in [2.75, 3.05) is 32.8 Å². The number of piperidine rings is 1. The van der Waals surface area contributed by atoms with E-state index in [9.17, 15) is 14.0 Å². The molecular formula is C25H29FN2O3. The first-order valence-corrected chi connectivity index (χ1v) is 11.1. The van der Waals surface area contributed by atoms with Gasteiger partial charge in [-0.05, 0) is 61.6 Å². The Labute approximate surface area is 182 Å². The van der Waals surface area contributed by atoms with Crippen molar-refractivity contribution in [2.24, 2.45) is 5.92 Å². The van der Waals surface area contributed by atoms with Crippen LogP contribution in [-0.2, 0) is 11.2 Å². The molecule has 0 radical (unpaired) electrons. The third-order valence-corrected chi connectivity index (χ3v) is 6.15. The van der Waals surface area contributed by atoms with Crippen LogP contribution in [0.1, 0.15) is 41.6 Å². The molecule has 1 unspecified atom stereocenters. The summed E-state index contributed by atoms with van der Waals surface area (Å²) in [7, 11) is 0. The van der Waals surface area contributed by atoms with E-state index in [2.05, 4.69) is 0 Å². The van der Waals surface area contributed by atoms with Gasteiger partial charge >= 0.3 is 0 Å². The molecule has 0 bridgehead atoms. The van der Waals surface area contributed by atoms with Crippen molar-refractivity contribution >= 4 is 11.8 Å². The van der Waals surface area contributed by atoms with E-state index in [0.717, 1.165) is 44.5 Å². The Hall–Kier alpha value is -2.89. The Morgan fingerprint density at radius 3 is 2.39 bits per heavy atom. The number of halogens is 1. The molecule has 2 heterocycles. The van der Waals surface area contributed by atoms with Crippen LogP contribution in [0.25, 0.3) is 0 Å². The van der Waals surface area contributed by atoms with E-state index < -0.39 is 0 Å². The van der Waals surface area contributed by atoms with E-state index in [1.807, 2.05) is 34.1 Å². The largest absolute Gasteiger partial charge is 0.493 e. The Morgan fingerprint density at radius 1 is 0.935 bits per heavy atom. The van der Waals surface area contributed by atoms with Crippen LogP contribution in [0.15, 0.2) is 48.5 Å². The molecule has 2 aliphatic rings. The lowest BCUT2D eigenvalue weighted by atomic mass is 9.98. The number of nitrogens with zero attached hydrogens (tertiary/aromatic N) is 2. The quantitative estimate of drug-likeness (QED) is 0.706. The van der Waals surface area contributed by atoms with Crippen molar-refractivity contribution < 1.29 is 18.7 Å². The third kappa shape index (κ3) is 5.43. The number of hydrogen-bond donors (Lipinski definition) is 0. The van der Waals surface area contributed by atoms with E-state index >= 15 is 0 Å². The highest BCUT2D eigenvalue weighted by molar-refractivity contribution is 5.94.